The molecule has 1 heterocycles. The largest absolute Gasteiger partial charge is 0.382 e. The van der Waals surface area contributed by atoms with Crippen molar-refractivity contribution in [1.29, 1.82) is 0 Å². The first kappa shape index (κ1) is 15.8. The van der Waals surface area contributed by atoms with Crippen molar-refractivity contribution in [1.82, 2.24) is 4.90 Å². The normalized spacial score (nSPS) is 19.9. The van der Waals surface area contributed by atoms with E-state index in [9.17, 15) is 4.79 Å². The van der Waals surface area contributed by atoms with E-state index in [1.807, 2.05) is 13.0 Å². The highest BCUT2D eigenvalue weighted by atomic mass is 16.1. The average Bonchev–Trinajstić information content (AvgIpc) is 2.67. The van der Waals surface area contributed by atoms with Crippen LogP contribution in [0.5, 0.6) is 0 Å². The van der Waals surface area contributed by atoms with Crippen molar-refractivity contribution in [3.8, 4) is 0 Å². The number of nitrogens with one attached hydrogen (secondary N) is 2. The molecule has 1 aromatic carbocycles. The third kappa shape index (κ3) is 4.74. The SMILES string of the molecule is CCN1CCCC(Nc2ccc(NC(C)=O)c(C)c2)CC1. The van der Waals surface area contributed by atoms with Gasteiger partial charge in [-0.1, -0.05) is 6.92 Å². The minimum Gasteiger partial charge on any atom is -0.382 e. The predicted molar refractivity (Wildman–Crippen MR) is 88.9 cm³/mol. The van der Waals surface area contributed by atoms with E-state index in [0.29, 0.717) is 6.04 Å². The van der Waals surface area contributed by atoms with E-state index in [1.165, 1.54) is 39.3 Å². The van der Waals surface area contributed by atoms with Crippen molar-refractivity contribution in [2.45, 2.75) is 46.1 Å². The Morgan fingerprint density at radius 1 is 1.33 bits per heavy atom. The second kappa shape index (κ2) is 7.46. The number of hydrogen-bond acceptors (Lipinski definition) is 3. The van der Waals surface area contributed by atoms with Gasteiger partial charge in [0.2, 0.25) is 5.91 Å². The molecular weight excluding hydrogens is 262 g/mol. The molecule has 116 valence electrons. The molecule has 21 heavy (non-hydrogen) atoms. The van der Waals surface area contributed by atoms with Crippen LogP contribution in [0.25, 0.3) is 0 Å². The van der Waals surface area contributed by atoms with Gasteiger partial charge in [0.05, 0.1) is 0 Å². The zero-order valence-corrected chi connectivity index (χ0v) is 13.4. The maximum Gasteiger partial charge on any atom is 0.221 e. The molecule has 2 rings (SSSR count). The third-order valence-corrected chi connectivity index (χ3v) is 4.18. The molecule has 0 aliphatic carbocycles. The van der Waals surface area contributed by atoms with Crippen molar-refractivity contribution < 1.29 is 4.79 Å². The lowest BCUT2D eigenvalue weighted by Gasteiger charge is -2.20. The Bertz CT molecular complexity index is 487. The van der Waals surface area contributed by atoms with Crippen molar-refractivity contribution in [3.05, 3.63) is 23.8 Å². The van der Waals surface area contributed by atoms with Crippen LogP contribution in [-0.4, -0.2) is 36.5 Å². The summed E-state index contributed by atoms with van der Waals surface area (Å²) in [6, 6.07) is 6.70. The van der Waals surface area contributed by atoms with Crippen LogP contribution in [0, 0.1) is 6.92 Å². The second-order valence-corrected chi connectivity index (χ2v) is 5.92. The summed E-state index contributed by atoms with van der Waals surface area (Å²) in [4.78, 5) is 13.7. The molecule has 2 N–H and O–H groups in total. The lowest BCUT2D eigenvalue weighted by atomic mass is 10.1. The number of anilines is 2. The molecule has 1 unspecified atom stereocenters. The smallest absolute Gasteiger partial charge is 0.221 e. The van der Waals surface area contributed by atoms with Gasteiger partial charge in [-0.15, -0.1) is 0 Å². The summed E-state index contributed by atoms with van der Waals surface area (Å²) < 4.78 is 0. The van der Waals surface area contributed by atoms with Crippen molar-refractivity contribution in [2.24, 2.45) is 0 Å². The summed E-state index contributed by atoms with van der Waals surface area (Å²) in [7, 11) is 0. The van der Waals surface area contributed by atoms with Crippen molar-refractivity contribution >= 4 is 17.3 Å². The molecule has 0 aromatic heterocycles. The number of nitrogens with zero attached hydrogens (tertiary/aromatic N) is 1. The molecule has 1 saturated heterocycles. The molecule has 1 aliphatic rings. The van der Waals surface area contributed by atoms with Gasteiger partial charge in [0.25, 0.3) is 0 Å². The predicted octanol–water partition coefficient (Wildman–Crippen LogP) is 3.24. The Kier molecular flexibility index (Phi) is 5.62. The zero-order valence-electron chi connectivity index (χ0n) is 13.4. The first-order valence-electron chi connectivity index (χ1n) is 7.95. The van der Waals surface area contributed by atoms with Crippen LogP contribution in [0.1, 0.15) is 38.7 Å². The maximum atomic E-state index is 11.1. The average molecular weight is 289 g/mol. The lowest BCUT2D eigenvalue weighted by Crippen LogP contribution is -2.26. The molecule has 1 fully saturated rings. The van der Waals surface area contributed by atoms with Crippen LogP contribution in [0.2, 0.25) is 0 Å². The maximum absolute atomic E-state index is 11.1. The minimum absolute atomic E-state index is 0.0257. The van der Waals surface area contributed by atoms with E-state index < -0.39 is 0 Å². The first-order chi connectivity index (χ1) is 10.1. The molecule has 0 radical (unpaired) electrons. The van der Waals surface area contributed by atoms with Crippen molar-refractivity contribution in [3.63, 3.8) is 0 Å². The zero-order chi connectivity index (χ0) is 15.2. The van der Waals surface area contributed by atoms with Crippen LogP contribution < -0.4 is 10.6 Å². The molecular formula is C17H27N3O. The topological polar surface area (TPSA) is 44.4 Å². The molecule has 1 aromatic rings. The number of hydrogen-bond donors (Lipinski definition) is 2. The van der Waals surface area contributed by atoms with Gasteiger partial charge in [-0.2, -0.15) is 0 Å². The van der Waals surface area contributed by atoms with Gasteiger partial charge in [-0.25, -0.2) is 0 Å². The highest BCUT2D eigenvalue weighted by molar-refractivity contribution is 5.89. The molecule has 4 nitrogen and oxygen atoms in total. The Balaban J connectivity index is 1.96. The fraction of sp³-hybridized carbons (Fsp3) is 0.588. The van der Waals surface area contributed by atoms with Crippen LogP contribution in [0.3, 0.4) is 0 Å². The summed E-state index contributed by atoms with van der Waals surface area (Å²) in [6.07, 6.45) is 3.68. The van der Waals surface area contributed by atoms with Gasteiger partial charge < -0.3 is 15.5 Å². The first-order valence-corrected chi connectivity index (χ1v) is 7.95. The Morgan fingerprint density at radius 3 is 2.81 bits per heavy atom. The molecule has 0 spiro atoms. The Labute approximate surface area is 127 Å². The fourth-order valence-electron chi connectivity index (χ4n) is 2.94. The summed E-state index contributed by atoms with van der Waals surface area (Å²) >= 11 is 0. The quantitative estimate of drug-likeness (QED) is 0.894. The van der Waals surface area contributed by atoms with Crippen molar-refractivity contribution in [2.75, 3.05) is 30.3 Å². The summed E-state index contributed by atoms with van der Waals surface area (Å²) in [5.41, 5.74) is 3.14. The van der Waals surface area contributed by atoms with E-state index in [2.05, 4.69) is 34.6 Å². The van der Waals surface area contributed by atoms with E-state index in [-0.39, 0.29) is 5.91 Å². The van der Waals surface area contributed by atoms with Crippen LogP contribution in [0.15, 0.2) is 18.2 Å². The van der Waals surface area contributed by atoms with Gasteiger partial charge in [-0.05, 0) is 63.0 Å². The monoisotopic (exact) mass is 289 g/mol. The minimum atomic E-state index is -0.0257. The van der Waals surface area contributed by atoms with E-state index >= 15 is 0 Å². The highest BCUT2D eigenvalue weighted by Gasteiger charge is 2.16. The molecule has 1 atom stereocenters. The Hall–Kier alpha value is -1.55. The second-order valence-electron chi connectivity index (χ2n) is 5.92. The van der Waals surface area contributed by atoms with Crippen LogP contribution in [-0.2, 0) is 4.79 Å². The molecule has 0 saturated carbocycles. The number of carbonyl (C=O) groups excluding carboxylic acids is 1. The summed E-state index contributed by atoms with van der Waals surface area (Å²) in [6.45, 7) is 9.35. The Morgan fingerprint density at radius 2 is 2.14 bits per heavy atom. The number of rotatable bonds is 4. The van der Waals surface area contributed by atoms with Crippen LogP contribution in [0.4, 0.5) is 11.4 Å². The number of benzene rings is 1. The van der Waals surface area contributed by atoms with Gasteiger partial charge in [-0.3, -0.25) is 4.79 Å². The van der Waals surface area contributed by atoms with Gasteiger partial charge in [0, 0.05) is 30.9 Å². The highest BCUT2D eigenvalue weighted by Crippen LogP contribution is 2.22. The van der Waals surface area contributed by atoms with E-state index in [0.717, 1.165) is 23.5 Å². The number of carbonyl (C=O) groups is 1. The number of likely N-dealkylation sites (tertiary alicyclic amines) is 1. The van der Waals surface area contributed by atoms with Crippen LogP contribution >= 0.6 is 0 Å². The standard InChI is InChI=1S/C17H27N3O/c1-4-20-10-5-6-15(9-11-20)19-16-7-8-17(13(2)12-16)18-14(3)21/h7-8,12,15,19H,4-6,9-11H2,1-3H3,(H,18,21). The number of amides is 1. The molecule has 0 bridgehead atoms. The van der Waals surface area contributed by atoms with E-state index in [1.54, 1.807) is 0 Å². The van der Waals surface area contributed by atoms with E-state index in [4.69, 9.17) is 0 Å². The van der Waals surface area contributed by atoms with Gasteiger partial charge in [0.15, 0.2) is 0 Å². The molecule has 1 aliphatic heterocycles. The summed E-state index contributed by atoms with van der Waals surface area (Å²) in [5, 5.41) is 6.50. The van der Waals surface area contributed by atoms with Gasteiger partial charge in [0.1, 0.15) is 0 Å². The summed E-state index contributed by atoms with van der Waals surface area (Å²) in [5.74, 6) is -0.0257. The fourth-order valence-corrected chi connectivity index (χ4v) is 2.94. The number of aryl methyl sites for hydroxylation is 1. The molecule has 4 heteroatoms. The lowest BCUT2D eigenvalue weighted by molar-refractivity contribution is -0.114. The molecule has 1 amide bonds. The van der Waals surface area contributed by atoms with Gasteiger partial charge >= 0.3 is 0 Å². The third-order valence-electron chi connectivity index (χ3n) is 4.18.